The van der Waals surface area contributed by atoms with Crippen LogP contribution in [0.4, 0.5) is 8.78 Å². The number of rotatable bonds is 6. The van der Waals surface area contributed by atoms with Gasteiger partial charge in [-0.25, -0.2) is 17.2 Å². The summed E-state index contributed by atoms with van der Waals surface area (Å²) in [5.41, 5.74) is 0. The Hall–Kier alpha value is -0.800. The van der Waals surface area contributed by atoms with E-state index in [1.807, 2.05) is 6.92 Å². The Morgan fingerprint density at radius 1 is 1.35 bits per heavy atom. The van der Waals surface area contributed by atoms with E-state index in [4.69, 9.17) is 0 Å². The Bertz CT molecular complexity index is 549. The molecular formula is C14H25F2N3O3S. The first-order valence-corrected chi connectivity index (χ1v) is 9.73. The summed E-state index contributed by atoms with van der Waals surface area (Å²) < 4.78 is 51.8. The van der Waals surface area contributed by atoms with Gasteiger partial charge in [0.05, 0.1) is 18.8 Å². The van der Waals surface area contributed by atoms with Crippen LogP contribution >= 0.6 is 0 Å². The Kier molecular flexibility index (Phi) is 5.32. The molecule has 2 aliphatic heterocycles. The second-order valence-electron chi connectivity index (χ2n) is 6.60. The van der Waals surface area contributed by atoms with Crippen molar-refractivity contribution in [2.45, 2.75) is 44.2 Å². The predicted octanol–water partition coefficient (Wildman–Crippen LogP) is 0.598. The van der Waals surface area contributed by atoms with E-state index in [0.717, 1.165) is 19.1 Å². The normalized spacial score (nSPS) is 26.2. The molecular weight excluding hydrogens is 328 g/mol. The van der Waals surface area contributed by atoms with Crippen LogP contribution < -0.4 is 0 Å². The van der Waals surface area contributed by atoms with Crippen LogP contribution in [0, 0.1) is 0 Å². The second-order valence-corrected chi connectivity index (χ2v) is 8.58. The maximum absolute atomic E-state index is 13.8. The summed E-state index contributed by atoms with van der Waals surface area (Å²) >= 11 is 0. The van der Waals surface area contributed by atoms with Gasteiger partial charge in [-0.1, -0.05) is 13.3 Å². The average molecular weight is 353 g/mol. The van der Waals surface area contributed by atoms with Crippen LogP contribution in [0.15, 0.2) is 0 Å². The molecule has 9 heteroatoms. The van der Waals surface area contributed by atoms with Gasteiger partial charge < -0.3 is 4.90 Å². The monoisotopic (exact) mass is 353 g/mol. The molecule has 0 aromatic heterocycles. The summed E-state index contributed by atoms with van der Waals surface area (Å²) in [4.78, 5) is 15.5. The van der Waals surface area contributed by atoms with E-state index in [1.165, 1.54) is 14.1 Å². The number of hydrogen-bond acceptors (Lipinski definition) is 4. The Labute approximate surface area is 136 Å². The Morgan fingerprint density at radius 3 is 2.48 bits per heavy atom. The second kappa shape index (κ2) is 6.60. The zero-order valence-corrected chi connectivity index (χ0v) is 14.7. The van der Waals surface area contributed by atoms with Crippen LogP contribution in [0.2, 0.25) is 0 Å². The lowest BCUT2D eigenvalue weighted by Crippen LogP contribution is -2.63. The third-order valence-electron chi connectivity index (χ3n) is 4.58. The highest BCUT2D eigenvalue weighted by atomic mass is 32.2. The van der Waals surface area contributed by atoms with Gasteiger partial charge >= 0.3 is 0 Å². The van der Waals surface area contributed by atoms with Crippen LogP contribution in [-0.4, -0.2) is 85.9 Å². The van der Waals surface area contributed by atoms with Crippen molar-refractivity contribution in [3.8, 4) is 0 Å². The maximum atomic E-state index is 13.8. The Morgan fingerprint density at radius 2 is 1.96 bits per heavy atom. The minimum absolute atomic E-state index is 0.178. The molecule has 0 aliphatic carbocycles. The molecule has 0 radical (unpaired) electrons. The quantitative estimate of drug-likeness (QED) is 0.702. The molecule has 0 aromatic rings. The molecule has 2 heterocycles. The van der Waals surface area contributed by atoms with Gasteiger partial charge in [0.15, 0.2) is 0 Å². The summed E-state index contributed by atoms with van der Waals surface area (Å²) in [6, 6.07) is -1.18. The van der Waals surface area contributed by atoms with Crippen molar-refractivity contribution in [3.63, 3.8) is 0 Å². The molecule has 23 heavy (non-hydrogen) atoms. The van der Waals surface area contributed by atoms with Crippen molar-refractivity contribution in [3.05, 3.63) is 0 Å². The van der Waals surface area contributed by atoms with E-state index in [9.17, 15) is 22.0 Å². The molecule has 0 spiro atoms. The number of likely N-dealkylation sites (N-methyl/N-ethyl adjacent to an activating group) is 1. The average Bonchev–Trinajstić information content (AvgIpc) is 2.67. The van der Waals surface area contributed by atoms with Crippen molar-refractivity contribution < 1.29 is 22.0 Å². The maximum Gasteiger partial charge on any atom is 0.262 e. The number of nitrogens with zero attached hydrogens (tertiary/aromatic N) is 3. The smallest absolute Gasteiger partial charge is 0.262 e. The number of carbonyl (C=O) groups excluding carboxylic acids is 1. The molecule has 1 atom stereocenters. The molecule has 2 saturated heterocycles. The highest BCUT2D eigenvalue weighted by Gasteiger charge is 2.53. The van der Waals surface area contributed by atoms with Crippen molar-refractivity contribution in [1.82, 2.24) is 14.1 Å². The summed E-state index contributed by atoms with van der Waals surface area (Å²) in [7, 11) is -1.66. The molecule has 2 rings (SSSR count). The van der Waals surface area contributed by atoms with Gasteiger partial charge in [-0.05, 0) is 6.42 Å². The zero-order valence-electron chi connectivity index (χ0n) is 13.8. The van der Waals surface area contributed by atoms with E-state index < -0.39 is 35.0 Å². The van der Waals surface area contributed by atoms with Gasteiger partial charge in [0.2, 0.25) is 15.9 Å². The van der Waals surface area contributed by atoms with E-state index in [-0.39, 0.29) is 25.0 Å². The van der Waals surface area contributed by atoms with Gasteiger partial charge in [0.1, 0.15) is 0 Å². The number of likely N-dealkylation sites (tertiary alicyclic amines) is 1. The lowest BCUT2D eigenvalue weighted by Gasteiger charge is -2.44. The molecule has 0 unspecified atom stereocenters. The lowest BCUT2D eigenvalue weighted by atomic mass is 10.1. The number of carbonyl (C=O) groups is 1. The molecule has 2 fully saturated rings. The third kappa shape index (κ3) is 4.19. The van der Waals surface area contributed by atoms with E-state index in [2.05, 4.69) is 0 Å². The van der Waals surface area contributed by atoms with Crippen molar-refractivity contribution in [2.75, 3.05) is 39.5 Å². The minimum Gasteiger partial charge on any atom is -0.344 e. The molecule has 134 valence electrons. The largest absolute Gasteiger partial charge is 0.344 e. The summed E-state index contributed by atoms with van der Waals surface area (Å²) in [6.07, 6.45) is 2.37. The predicted molar refractivity (Wildman–Crippen MR) is 82.8 cm³/mol. The van der Waals surface area contributed by atoms with Crippen molar-refractivity contribution >= 4 is 15.9 Å². The summed E-state index contributed by atoms with van der Waals surface area (Å²) in [5.74, 6) is -3.20. The van der Waals surface area contributed by atoms with Crippen LogP contribution in [-0.2, 0) is 14.8 Å². The number of alkyl halides is 2. The number of unbranched alkanes of at least 4 members (excludes halogenated alkanes) is 1. The van der Waals surface area contributed by atoms with Crippen LogP contribution in [0.25, 0.3) is 0 Å². The first-order valence-electron chi connectivity index (χ1n) is 7.89. The molecule has 0 saturated carbocycles. The molecule has 0 bridgehead atoms. The summed E-state index contributed by atoms with van der Waals surface area (Å²) in [6.45, 7) is 2.43. The SMILES string of the molecule is CCCCN(C)C(=O)[C@@H]1CC(F)(F)CN1C1CN(S(C)(=O)=O)C1. The molecule has 6 nitrogen and oxygen atoms in total. The van der Waals surface area contributed by atoms with Crippen LogP contribution in [0.1, 0.15) is 26.2 Å². The van der Waals surface area contributed by atoms with Gasteiger partial charge in [0.25, 0.3) is 5.92 Å². The van der Waals surface area contributed by atoms with Gasteiger partial charge in [-0.3, -0.25) is 9.69 Å². The number of sulfonamides is 1. The first-order chi connectivity index (χ1) is 10.5. The number of halogens is 2. The fourth-order valence-corrected chi connectivity index (χ4v) is 4.00. The Balaban J connectivity index is 2.04. The molecule has 0 aromatic carbocycles. The van der Waals surface area contributed by atoms with Crippen LogP contribution in [0.5, 0.6) is 0 Å². The highest BCUT2D eigenvalue weighted by Crippen LogP contribution is 2.36. The lowest BCUT2D eigenvalue weighted by molar-refractivity contribution is -0.136. The van der Waals surface area contributed by atoms with Crippen LogP contribution in [0.3, 0.4) is 0 Å². The first kappa shape index (κ1) is 18.5. The number of amides is 1. The highest BCUT2D eigenvalue weighted by molar-refractivity contribution is 7.88. The summed E-state index contributed by atoms with van der Waals surface area (Å²) in [5, 5.41) is 0. The van der Waals surface area contributed by atoms with E-state index in [1.54, 1.807) is 7.05 Å². The topological polar surface area (TPSA) is 60.9 Å². The zero-order chi connectivity index (χ0) is 17.4. The fraction of sp³-hybridized carbons (Fsp3) is 0.929. The van der Waals surface area contributed by atoms with E-state index in [0.29, 0.717) is 6.54 Å². The van der Waals surface area contributed by atoms with Crippen molar-refractivity contribution in [2.24, 2.45) is 0 Å². The van der Waals surface area contributed by atoms with E-state index >= 15 is 0 Å². The van der Waals surface area contributed by atoms with Gasteiger partial charge in [-0.15, -0.1) is 0 Å². The molecule has 2 aliphatic rings. The van der Waals surface area contributed by atoms with Gasteiger partial charge in [-0.2, -0.15) is 4.31 Å². The third-order valence-corrected chi connectivity index (χ3v) is 5.82. The fourth-order valence-electron chi connectivity index (χ4n) is 3.11. The number of hydrogen-bond donors (Lipinski definition) is 0. The molecule has 1 amide bonds. The van der Waals surface area contributed by atoms with Gasteiger partial charge in [0, 0.05) is 39.1 Å². The standard InChI is InChI=1S/C14H25F2N3O3S/c1-4-5-6-17(2)13(20)12-7-14(15,16)10-19(12)11-8-18(9-11)23(3,21)22/h11-12H,4-10H2,1-3H3/t12-/m0/s1. The minimum atomic E-state index is -3.30. The van der Waals surface area contributed by atoms with Crippen molar-refractivity contribution in [1.29, 1.82) is 0 Å². The molecule has 0 N–H and O–H groups in total.